The van der Waals surface area contributed by atoms with Crippen LogP contribution in [0.1, 0.15) is 25.6 Å². The molecule has 0 aliphatic rings. The summed E-state index contributed by atoms with van der Waals surface area (Å²) < 4.78 is 4.46. The van der Waals surface area contributed by atoms with E-state index in [0.29, 0.717) is 0 Å². The molecule has 0 unspecified atom stereocenters. The smallest absolute Gasteiger partial charge is 0.109 e. The van der Waals surface area contributed by atoms with Gasteiger partial charge in [-0.05, 0) is 23.0 Å². The highest BCUT2D eigenvalue weighted by Crippen LogP contribution is 2.25. The molecule has 108 valence electrons. The molecule has 0 saturated heterocycles. The molecular weight excluding hydrogens is 373 g/mol. The van der Waals surface area contributed by atoms with Crippen LogP contribution >= 0.6 is 22.6 Å². The summed E-state index contributed by atoms with van der Waals surface area (Å²) in [5.74, 6) is 1.15. The van der Waals surface area contributed by atoms with Crippen molar-refractivity contribution in [3.63, 3.8) is 0 Å². The summed E-state index contributed by atoms with van der Waals surface area (Å²) in [6.45, 7) is 3.17. The Morgan fingerprint density at radius 2 is 2.10 bits per heavy atom. The second kappa shape index (κ2) is 6.56. The quantitative estimate of drug-likeness (QED) is 0.459. The molecule has 3 nitrogen and oxygen atoms in total. The number of pyridine rings is 1. The number of nitrogens with zero attached hydrogens (tertiary/aromatic N) is 3. The molecule has 1 aromatic carbocycles. The molecule has 0 atom stereocenters. The van der Waals surface area contributed by atoms with Crippen molar-refractivity contribution in [1.29, 1.82) is 0 Å². The van der Waals surface area contributed by atoms with Crippen LogP contribution in [0.3, 0.4) is 0 Å². The number of hydrogen-bond acceptors (Lipinski definition) is 2. The Hall–Kier alpha value is -1.43. The maximum atomic E-state index is 4.76. The molecule has 4 heteroatoms. The highest BCUT2D eigenvalue weighted by atomic mass is 127. The van der Waals surface area contributed by atoms with E-state index in [9.17, 15) is 0 Å². The highest BCUT2D eigenvalue weighted by molar-refractivity contribution is 14.1. The fraction of sp³-hybridized carbons (Fsp3) is 0.294. The van der Waals surface area contributed by atoms with E-state index in [1.807, 2.05) is 12.3 Å². The monoisotopic (exact) mass is 391 g/mol. The summed E-state index contributed by atoms with van der Waals surface area (Å²) in [6, 6.07) is 8.32. The lowest BCUT2D eigenvalue weighted by atomic mass is 10.2. The van der Waals surface area contributed by atoms with E-state index < -0.39 is 0 Å². The van der Waals surface area contributed by atoms with Crippen LogP contribution in [0.25, 0.3) is 21.9 Å². The van der Waals surface area contributed by atoms with Gasteiger partial charge in [-0.1, -0.05) is 53.8 Å². The third-order valence-electron chi connectivity index (χ3n) is 3.72. The molecule has 0 saturated carbocycles. The molecule has 21 heavy (non-hydrogen) atoms. The first-order chi connectivity index (χ1) is 10.3. The molecule has 0 bridgehead atoms. The van der Waals surface area contributed by atoms with Gasteiger partial charge in [-0.25, -0.2) is 4.98 Å². The van der Waals surface area contributed by atoms with Crippen LogP contribution in [0.15, 0.2) is 40.6 Å². The summed E-state index contributed by atoms with van der Waals surface area (Å²) in [5, 5.41) is 1.20. The first-order valence-corrected chi connectivity index (χ1v) is 8.57. The minimum Gasteiger partial charge on any atom is -0.327 e. The lowest BCUT2D eigenvalue weighted by Gasteiger charge is -2.08. The van der Waals surface area contributed by atoms with Gasteiger partial charge >= 0.3 is 0 Å². The van der Waals surface area contributed by atoms with Crippen LogP contribution in [0, 0.1) is 0 Å². The van der Waals surface area contributed by atoms with Gasteiger partial charge < -0.3 is 4.57 Å². The maximum absolute atomic E-state index is 4.76. The van der Waals surface area contributed by atoms with Gasteiger partial charge in [-0.15, -0.1) is 0 Å². The summed E-state index contributed by atoms with van der Waals surface area (Å²) >= 11 is 2.27. The predicted octanol–water partition coefficient (Wildman–Crippen LogP) is 4.88. The fourth-order valence-electron chi connectivity index (χ4n) is 2.75. The van der Waals surface area contributed by atoms with Crippen LogP contribution in [0.5, 0.6) is 0 Å². The number of rotatable bonds is 5. The normalized spacial score (nSPS) is 11.9. The van der Waals surface area contributed by atoms with Crippen molar-refractivity contribution < 1.29 is 0 Å². The lowest BCUT2D eigenvalue weighted by Crippen LogP contribution is -2.03. The number of para-hydroxylation sites is 1. The average molecular weight is 391 g/mol. The summed E-state index contributed by atoms with van der Waals surface area (Å²) in [4.78, 5) is 9.28. The molecule has 0 fully saturated rings. The van der Waals surface area contributed by atoms with Crippen molar-refractivity contribution in [3.05, 3.63) is 46.4 Å². The van der Waals surface area contributed by atoms with Gasteiger partial charge in [0.05, 0.1) is 17.2 Å². The van der Waals surface area contributed by atoms with E-state index in [1.54, 1.807) is 0 Å². The van der Waals surface area contributed by atoms with Crippen molar-refractivity contribution in [2.75, 3.05) is 0 Å². The highest BCUT2D eigenvalue weighted by Gasteiger charge is 2.12. The summed E-state index contributed by atoms with van der Waals surface area (Å²) in [7, 11) is 0. The molecule has 2 aromatic heterocycles. The largest absolute Gasteiger partial charge is 0.327 e. The zero-order chi connectivity index (χ0) is 14.7. The zero-order valence-corrected chi connectivity index (χ0v) is 14.2. The van der Waals surface area contributed by atoms with Crippen LogP contribution in [-0.2, 0) is 13.0 Å². The van der Waals surface area contributed by atoms with Crippen molar-refractivity contribution in [2.45, 2.75) is 32.7 Å². The minimum absolute atomic E-state index is 0.950. The molecule has 0 aliphatic carbocycles. The molecule has 2 heterocycles. The van der Waals surface area contributed by atoms with Gasteiger partial charge in [-0.3, -0.25) is 4.98 Å². The standard InChI is InChI=1S/C17H18IN3/c1-2-16-20-15-12-19-14-9-5-4-8-13(14)17(15)21(16)11-7-3-6-10-18/h4-6,8-10,12H,2-3,7,11H2,1H3. The second-order valence-corrected chi connectivity index (χ2v) is 5.77. The average Bonchev–Trinajstić information content (AvgIpc) is 2.90. The number of imidazole rings is 1. The van der Waals surface area contributed by atoms with E-state index in [-0.39, 0.29) is 0 Å². The molecule has 0 radical (unpaired) electrons. The SMILES string of the molecule is CCc1nc2cnc3ccccc3c2n1CCCC=CI. The summed E-state index contributed by atoms with van der Waals surface area (Å²) in [5.41, 5.74) is 3.28. The molecule has 0 spiro atoms. The van der Waals surface area contributed by atoms with Gasteiger partial charge in [0, 0.05) is 18.4 Å². The number of hydrogen-bond donors (Lipinski definition) is 0. The fourth-order valence-corrected chi connectivity index (χ4v) is 3.11. The van der Waals surface area contributed by atoms with Crippen molar-refractivity contribution in [1.82, 2.24) is 14.5 Å². The van der Waals surface area contributed by atoms with E-state index in [1.165, 1.54) is 10.9 Å². The Labute approximate surface area is 138 Å². The van der Waals surface area contributed by atoms with E-state index in [2.05, 4.69) is 67.4 Å². The van der Waals surface area contributed by atoms with Crippen molar-refractivity contribution >= 4 is 44.5 Å². The van der Waals surface area contributed by atoms with Crippen LogP contribution in [0.2, 0.25) is 0 Å². The molecular formula is C17H18IN3. The number of benzene rings is 1. The maximum Gasteiger partial charge on any atom is 0.109 e. The van der Waals surface area contributed by atoms with E-state index >= 15 is 0 Å². The van der Waals surface area contributed by atoms with Crippen LogP contribution in [-0.4, -0.2) is 14.5 Å². The number of allylic oxidation sites excluding steroid dienone is 1. The van der Waals surface area contributed by atoms with Crippen LogP contribution < -0.4 is 0 Å². The predicted molar refractivity (Wildman–Crippen MR) is 96.8 cm³/mol. The number of unbranched alkanes of at least 4 members (excludes halogenated alkanes) is 1. The van der Waals surface area contributed by atoms with Gasteiger partial charge in [0.25, 0.3) is 0 Å². The Morgan fingerprint density at radius 3 is 2.90 bits per heavy atom. The molecule has 0 N–H and O–H groups in total. The molecule has 0 amide bonds. The number of aryl methyl sites for hydroxylation is 2. The molecule has 0 aliphatic heterocycles. The number of halogens is 1. The summed E-state index contributed by atoms with van der Waals surface area (Å²) in [6.07, 6.45) is 7.30. The second-order valence-electron chi connectivity index (χ2n) is 5.05. The van der Waals surface area contributed by atoms with Crippen molar-refractivity contribution in [3.8, 4) is 0 Å². The lowest BCUT2D eigenvalue weighted by molar-refractivity contribution is 0.636. The van der Waals surface area contributed by atoms with E-state index in [4.69, 9.17) is 4.98 Å². The first kappa shape index (κ1) is 14.5. The van der Waals surface area contributed by atoms with Gasteiger partial charge in [-0.2, -0.15) is 0 Å². The molecule has 3 rings (SSSR count). The van der Waals surface area contributed by atoms with Crippen molar-refractivity contribution in [2.24, 2.45) is 0 Å². The van der Waals surface area contributed by atoms with Gasteiger partial charge in [0.1, 0.15) is 11.3 Å². The number of fused-ring (bicyclic) bond motifs is 3. The zero-order valence-electron chi connectivity index (χ0n) is 12.1. The Kier molecular flexibility index (Phi) is 4.53. The first-order valence-electron chi connectivity index (χ1n) is 7.33. The molecule has 3 aromatic rings. The topological polar surface area (TPSA) is 30.7 Å². The Bertz CT molecular complexity index is 789. The van der Waals surface area contributed by atoms with E-state index in [0.717, 1.165) is 42.7 Å². The third kappa shape index (κ3) is 2.81. The van der Waals surface area contributed by atoms with Gasteiger partial charge in [0.15, 0.2) is 0 Å². The third-order valence-corrected chi connectivity index (χ3v) is 4.23. The van der Waals surface area contributed by atoms with Gasteiger partial charge in [0.2, 0.25) is 0 Å². The minimum atomic E-state index is 0.950. The Morgan fingerprint density at radius 1 is 1.24 bits per heavy atom. The Balaban J connectivity index is 2.12. The number of aromatic nitrogens is 3. The van der Waals surface area contributed by atoms with Crippen LogP contribution in [0.4, 0.5) is 0 Å².